The Morgan fingerprint density at radius 1 is 1.20 bits per heavy atom. The van der Waals surface area contributed by atoms with Gasteiger partial charge in [0.1, 0.15) is 0 Å². The third-order valence-electron chi connectivity index (χ3n) is 4.41. The first-order valence-corrected chi connectivity index (χ1v) is 10.1. The second-order valence-electron chi connectivity index (χ2n) is 6.66. The van der Waals surface area contributed by atoms with Crippen molar-refractivity contribution in [2.45, 2.75) is 37.7 Å². The van der Waals surface area contributed by atoms with E-state index in [4.69, 9.17) is 15.3 Å². The molecule has 2 heterocycles. The normalized spacial score (nSPS) is 11.9. The van der Waals surface area contributed by atoms with Crippen LogP contribution in [-0.4, -0.2) is 50.0 Å². The monoisotopic (exact) mass is 431 g/mol. The first-order chi connectivity index (χ1) is 14.3. The van der Waals surface area contributed by atoms with E-state index in [2.05, 4.69) is 20.6 Å². The summed E-state index contributed by atoms with van der Waals surface area (Å²) in [4.78, 5) is 12.5. The fourth-order valence-electron chi connectivity index (χ4n) is 2.86. The third kappa shape index (κ3) is 4.51. The summed E-state index contributed by atoms with van der Waals surface area (Å²) in [5, 5.41) is 15.5. The zero-order valence-electron chi connectivity index (χ0n) is 17.5. The molecular weight excluding hydrogens is 406 g/mol. The van der Waals surface area contributed by atoms with E-state index >= 15 is 0 Å². The van der Waals surface area contributed by atoms with E-state index in [1.807, 2.05) is 32.0 Å². The van der Waals surface area contributed by atoms with Crippen molar-refractivity contribution in [2.75, 3.05) is 20.1 Å². The molecule has 3 aromatic rings. The van der Waals surface area contributed by atoms with Crippen molar-refractivity contribution in [2.24, 2.45) is 0 Å². The number of nitrogens with two attached hydrogens (primary N) is 1. The number of aryl methyl sites for hydroxylation is 2. The van der Waals surface area contributed by atoms with E-state index in [0.29, 0.717) is 29.1 Å². The lowest BCUT2D eigenvalue weighted by Crippen LogP contribution is -2.31. The summed E-state index contributed by atoms with van der Waals surface area (Å²) in [6.45, 7) is 5.94. The number of nitrogens with one attached hydrogen (secondary N) is 1. The summed E-state index contributed by atoms with van der Waals surface area (Å²) in [6, 6.07) is 7.42. The van der Waals surface area contributed by atoms with Crippen LogP contribution in [0.1, 0.15) is 23.9 Å². The molecule has 10 nitrogen and oxygen atoms in total. The number of hydrogen-bond acceptors (Lipinski definition) is 8. The van der Waals surface area contributed by atoms with Crippen LogP contribution in [0.15, 0.2) is 29.4 Å². The number of nitrogen functional groups attached to an aromatic ring is 1. The van der Waals surface area contributed by atoms with Gasteiger partial charge in [0.25, 0.3) is 5.95 Å². The summed E-state index contributed by atoms with van der Waals surface area (Å²) in [5.74, 6) is 7.63. The number of amides is 1. The second kappa shape index (κ2) is 9.08. The minimum absolute atomic E-state index is 0.148. The molecule has 0 fully saturated rings. The van der Waals surface area contributed by atoms with Crippen LogP contribution in [-0.2, 0) is 11.3 Å². The second-order valence-corrected chi connectivity index (χ2v) is 7.97. The van der Waals surface area contributed by atoms with Crippen molar-refractivity contribution >= 4 is 17.7 Å². The fourth-order valence-corrected chi connectivity index (χ4v) is 3.65. The molecule has 1 unspecified atom stereocenters. The minimum Gasteiger partial charge on any atom is -0.493 e. The molecule has 0 saturated carbocycles. The zero-order chi connectivity index (χ0) is 21.8. The van der Waals surface area contributed by atoms with Crippen molar-refractivity contribution in [3.63, 3.8) is 0 Å². The molecule has 0 radical (unpaired) electrons. The molecule has 1 atom stereocenters. The molecule has 0 aliphatic heterocycles. The Bertz CT molecular complexity index is 1050. The van der Waals surface area contributed by atoms with Crippen LogP contribution in [0.5, 0.6) is 11.5 Å². The molecule has 0 bridgehead atoms. The molecule has 0 aliphatic rings. The fraction of sp³-hybridized carbons (Fsp3) is 0.368. The van der Waals surface area contributed by atoms with Gasteiger partial charge in [0, 0.05) is 12.2 Å². The third-order valence-corrected chi connectivity index (χ3v) is 5.47. The Balaban J connectivity index is 1.63. The highest BCUT2D eigenvalue weighted by Crippen LogP contribution is 2.27. The standard InChI is InChI=1S/C19H25N7O3S/c1-11-8-12(2)26(24-11)18-22-23-19(25(18)20)30-13(3)17(27)21-10-14-6-7-15(28-4)16(9-14)29-5/h6-9,13H,10,20H2,1-5H3,(H,21,27). The predicted octanol–water partition coefficient (Wildman–Crippen LogP) is 1.61. The number of rotatable bonds is 8. The summed E-state index contributed by atoms with van der Waals surface area (Å²) in [6.07, 6.45) is 0. The number of nitrogens with zero attached hydrogens (tertiary/aromatic N) is 5. The van der Waals surface area contributed by atoms with Gasteiger partial charge in [0.15, 0.2) is 11.5 Å². The van der Waals surface area contributed by atoms with Gasteiger partial charge in [-0.25, -0.2) is 9.36 Å². The quantitative estimate of drug-likeness (QED) is 0.407. The molecule has 11 heteroatoms. The Kier molecular flexibility index (Phi) is 6.50. The minimum atomic E-state index is -0.426. The van der Waals surface area contributed by atoms with Gasteiger partial charge in [-0.1, -0.05) is 17.8 Å². The molecule has 30 heavy (non-hydrogen) atoms. The Morgan fingerprint density at radius 3 is 2.57 bits per heavy atom. The van der Waals surface area contributed by atoms with Gasteiger partial charge in [0.05, 0.1) is 25.2 Å². The van der Waals surface area contributed by atoms with Gasteiger partial charge >= 0.3 is 0 Å². The van der Waals surface area contributed by atoms with Gasteiger partial charge in [-0.15, -0.1) is 10.2 Å². The predicted molar refractivity (Wildman–Crippen MR) is 113 cm³/mol. The highest BCUT2D eigenvalue weighted by molar-refractivity contribution is 8.00. The van der Waals surface area contributed by atoms with Crippen LogP contribution >= 0.6 is 11.8 Å². The van der Waals surface area contributed by atoms with Gasteiger partial charge < -0.3 is 20.6 Å². The van der Waals surface area contributed by atoms with Gasteiger partial charge in [-0.2, -0.15) is 5.10 Å². The number of carbonyl (C=O) groups excluding carboxylic acids is 1. The molecule has 160 valence electrons. The lowest BCUT2D eigenvalue weighted by atomic mass is 10.2. The average Bonchev–Trinajstić information content (AvgIpc) is 3.26. The Hall–Kier alpha value is -3.21. The number of benzene rings is 1. The number of carbonyl (C=O) groups is 1. The number of thioether (sulfide) groups is 1. The van der Waals surface area contributed by atoms with Crippen LogP contribution in [0.25, 0.3) is 5.95 Å². The van der Waals surface area contributed by atoms with Crippen molar-refractivity contribution in [3.05, 3.63) is 41.2 Å². The highest BCUT2D eigenvalue weighted by Gasteiger charge is 2.21. The number of aromatic nitrogens is 5. The molecule has 0 spiro atoms. The summed E-state index contributed by atoms with van der Waals surface area (Å²) in [5.41, 5.74) is 2.64. The molecule has 3 N–H and O–H groups in total. The zero-order valence-corrected chi connectivity index (χ0v) is 18.4. The van der Waals surface area contributed by atoms with Crippen LogP contribution in [0.4, 0.5) is 0 Å². The van der Waals surface area contributed by atoms with Crippen molar-refractivity contribution in [1.29, 1.82) is 0 Å². The Labute approximate surface area is 178 Å². The maximum absolute atomic E-state index is 12.5. The SMILES string of the molecule is COc1ccc(CNC(=O)C(C)Sc2nnc(-n3nc(C)cc3C)n2N)cc1OC. The van der Waals surface area contributed by atoms with Gasteiger partial charge in [-0.05, 0) is 44.5 Å². The highest BCUT2D eigenvalue weighted by atomic mass is 32.2. The average molecular weight is 432 g/mol. The smallest absolute Gasteiger partial charge is 0.271 e. The number of hydrogen-bond donors (Lipinski definition) is 2. The van der Waals surface area contributed by atoms with Gasteiger partial charge in [0.2, 0.25) is 11.1 Å². The maximum atomic E-state index is 12.5. The van der Waals surface area contributed by atoms with E-state index in [0.717, 1.165) is 17.0 Å². The lowest BCUT2D eigenvalue weighted by molar-refractivity contribution is -0.120. The first-order valence-electron chi connectivity index (χ1n) is 9.23. The Morgan fingerprint density at radius 2 is 1.93 bits per heavy atom. The molecule has 3 rings (SSSR count). The van der Waals surface area contributed by atoms with Crippen molar-refractivity contribution < 1.29 is 14.3 Å². The molecular formula is C19H25N7O3S. The topological polar surface area (TPSA) is 122 Å². The summed E-state index contributed by atoms with van der Waals surface area (Å²) in [7, 11) is 3.15. The maximum Gasteiger partial charge on any atom is 0.271 e. The number of methoxy groups -OCH3 is 2. The lowest BCUT2D eigenvalue weighted by Gasteiger charge is -2.13. The largest absolute Gasteiger partial charge is 0.493 e. The molecule has 1 amide bonds. The van der Waals surface area contributed by atoms with Crippen molar-refractivity contribution in [3.8, 4) is 17.4 Å². The van der Waals surface area contributed by atoms with Crippen LogP contribution in [0.2, 0.25) is 0 Å². The van der Waals surface area contributed by atoms with Crippen LogP contribution in [0, 0.1) is 13.8 Å². The van der Waals surface area contributed by atoms with Crippen molar-refractivity contribution in [1.82, 2.24) is 30.0 Å². The molecule has 2 aromatic heterocycles. The van der Waals surface area contributed by atoms with Gasteiger partial charge in [-0.3, -0.25) is 4.79 Å². The summed E-state index contributed by atoms with van der Waals surface area (Å²) >= 11 is 1.22. The van der Waals surface area contributed by atoms with Crippen LogP contribution in [0.3, 0.4) is 0 Å². The van der Waals surface area contributed by atoms with E-state index in [1.54, 1.807) is 31.9 Å². The van der Waals surface area contributed by atoms with E-state index in [9.17, 15) is 4.79 Å². The summed E-state index contributed by atoms with van der Waals surface area (Å²) < 4.78 is 13.5. The molecule has 0 aliphatic carbocycles. The first kappa shape index (κ1) is 21.5. The van der Waals surface area contributed by atoms with E-state index in [-0.39, 0.29) is 5.91 Å². The number of ether oxygens (including phenoxy) is 2. The molecule has 0 saturated heterocycles. The van der Waals surface area contributed by atoms with E-state index in [1.165, 1.54) is 16.4 Å². The molecule has 1 aromatic carbocycles. The van der Waals surface area contributed by atoms with Crippen LogP contribution < -0.4 is 20.6 Å². The van der Waals surface area contributed by atoms with E-state index < -0.39 is 5.25 Å².